The van der Waals surface area contributed by atoms with Crippen LogP contribution in [0.25, 0.3) is 0 Å². The maximum Gasteiger partial charge on any atom is 0.313 e. The predicted molar refractivity (Wildman–Crippen MR) is 67.4 cm³/mol. The van der Waals surface area contributed by atoms with E-state index in [1.165, 1.54) is 25.7 Å². The van der Waals surface area contributed by atoms with Gasteiger partial charge in [-0.15, -0.1) is 0 Å². The summed E-state index contributed by atoms with van der Waals surface area (Å²) >= 11 is 0. The van der Waals surface area contributed by atoms with Crippen LogP contribution < -0.4 is 0 Å². The fourth-order valence-corrected chi connectivity index (χ4v) is 3.02. The second-order valence-electron chi connectivity index (χ2n) is 6.35. The van der Waals surface area contributed by atoms with Crippen LogP contribution in [0.4, 0.5) is 0 Å². The lowest BCUT2D eigenvalue weighted by Gasteiger charge is -2.37. The molecule has 1 N–H and O–H groups in total. The fourth-order valence-electron chi connectivity index (χ4n) is 3.02. The number of carbonyl (C=O) groups is 1. The molecule has 102 valence electrons. The van der Waals surface area contributed by atoms with Crippen LogP contribution in [-0.2, 0) is 9.53 Å². The van der Waals surface area contributed by atoms with E-state index in [-0.39, 0.29) is 0 Å². The number of hydrogen-bond acceptors (Lipinski definition) is 3. The molecule has 4 nitrogen and oxygen atoms in total. The van der Waals surface area contributed by atoms with Crippen LogP contribution in [0.3, 0.4) is 0 Å². The summed E-state index contributed by atoms with van der Waals surface area (Å²) in [5.41, 5.74) is -0.643. The predicted octanol–water partition coefficient (Wildman–Crippen LogP) is 1.74. The van der Waals surface area contributed by atoms with E-state index < -0.39 is 11.4 Å². The molecule has 0 amide bonds. The molecule has 2 aliphatic carbocycles. The zero-order valence-electron chi connectivity index (χ0n) is 10.9. The van der Waals surface area contributed by atoms with Crippen molar-refractivity contribution in [3.63, 3.8) is 0 Å². The summed E-state index contributed by atoms with van der Waals surface area (Å²) in [7, 11) is 0. The molecule has 0 aromatic rings. The Balaban J connectivity index is 1.66. The van der Waals surface area contributed by atoms with Crippen molar-refractivity contribution < 1.29 is 14.6 Å². The summed E-state index contributed by atoms with van der Waals surface area (Å²) in [5.74, 6) is 0.171. The van der Waals surface area contributed by atoms with Crippen molar-refractivity contribution in [1.82, 2.24) is 4.90 Å². The lowest BCUT2D eigenvalue weighted by atomic mass is 9.82. The van der Waals surface area contributed by atoms with Crippen molar-refractivity contribution in [2.45, 2.75) is 44.6 Å². The van der Waals surface area contributed by atoms with Gasteiger partial charge in [0.25, 0.3) is 0 Å². The summed E-state index contributed by atoms with van der Waals surface area (Å²) in [6.45, 7) is 2.93. The summed E-state index contributed by atoms with van der Waals surface area (Å²) < 4.78 is 5.46. The SMILES string of the molecule is O=C(O)C1(CN(CC2CC2)C2CC2)CCCOC1. The van der Waals surface area contributed by atoms with Crippen molar-refractivity contribution in [1.29, 1.82) is 0 Å². The first-order chi connectivity index (χ1) is 8.70. The number of nitrogens with zero attached hydrogens (tertiary/aromatic N) is 1. The standard InChI is InChI=1S/C14H23NO3/c16-13(17)14(6-1-7-18-10-14)9-15(12-4-5-12)8-11-2-3-11/h11-12H,1-10H2,(H,16,17). The van der Waals surface area contributed by atoms with Gasteiger partial charge >= 0.3 is 5.97 Å². The van der Waals surface area contributed by atoms with Gasteiger partial charge in [0.15, 0.2) is 0 Å². The van der Waals surface area contributed by atoms with Crippen molar-refractivity contribution in [3.05, 3.63) is 0 Å². The van der Waals surface area contributed by atoms with Gasteiger partial charge in [-0.2, -0.15) is 0 Å². The van der Waals surface area contributed by atoms with Gasteiger partial charge in [-0.25, -0.2) is 0 Å². The molecule has 1 aliphatic heterocycles. The molecule has 1 saturated heterocycles. The highest BCUT2D eigenvalue weighted by atomic mass is 16.5. The molecule has 0 bridgehead atoms. The largest absolute Gasteiger partial charge is 0.481 e. The fraction of sp³-hybridized carbons (Fsp3) is 0.929. The molecule has 1 atom stereocenters. The van der Waals surface area contributed by atoms with Crippen molar-refractivity contribution in [3.8, 4) is 0 Å². The van der Waals surface area contributed by atoms with Gasteiger partial charge in [-0.1, -0.05) is 0 Å². The molecule has 3 rings (SSSR count). The normalized spacial score (nSPS) is 32.7. The average molecular weight is 253 g/mol. The molecule has 0 spiro atoms. The number of carboxylic acids is 1. The minimum absolute atomic E-state index is 0.399. The maximum absolute atomic E-state index is 11.6. The smallest absolute Gasteiger partial charge is 0.313 e. The highest BCUT2D eigenvalue weighted by molar-refractivity contribution is 5.75. The van der Waals surface area contributed by atoms with Crippen LogP contribution in [0, 0.1) is 11.3 Å². The summed E-state index contributed by atoms with van der Waals surface area (Å²) in [6.07, 6.45) is 6.83. The van der Waals surface area contributed by atoms with E-state index >= 15 is 0 Å². The molecule has 1 unspecified atom stereocenters. The number of ether oxygens (including phenoxy) is 1. The van der Waals surface area contributed by atoms with Crippen molar-refractivity contribution in [2.24, 2.45) is 11.3 Å². The molecule has 0 aromatic carbocycles. The summed E-state index contributed by atoms with van der Waals surface area (Å²) in [6, 6.07) is 0.656. The third kappa shape index (κ3) is 2.69. The highest BCUT2D eigenvalue weighted by Gasteiger charge is 2.45. The van der Waals surface area contributed by atoms with E-state index in [9.17, 15) is 9.90 Å². The first-order valence-corrected chi connectivity index (χ1v) is 7.25. The Labute approximate surface area is 108 Å². The third-order valence-electron chi connectivity index (χ3n) is 4.53. The third-order valence-corrected chi connectivity index (χ3v) is 4.53. The van der Waals surface area contributed by atoms with Crippen LogP contribution in [0.5, 0.6) is 0 Å². The number of aliphatic carboxylic acids is 1. The lowest BCUT2D eigenvalue weighted by molar-refractivity contribution is -0.159. The molecular weight excluding hydrogens is 230 g/mol. The Morgan fingerprint density at radius 3 is 2.61 bits per heavy atom. The first-order valence-electron chi connectivity index (χ1n) is 7.25. The van der Waals surface area contributed by atoms with E-state index in [2.05, 4.69) is 4.90 Å². The molecule has 0 aromatic heterocycles. The Hall–Kier alpha value is -0.610. The second kappa shape index (κ2) is 4.82. The molecule has 3 aliphatic rings. The molecule has 3 fully saturated rings. The topological polar surface area (TPSA) is 49.8 Å². The van der Waals surface area contributed by atoms with Gasteiger partial charge in [0.2, 0.25) is 0 Å². The van der Waals surface area contributed by atoms with Gasteiger partial charge in [0.1, 0.15) is 5.41 Å². The van der Waals surface area contributed by atoms with Gasteiger partial charge in [-0.3, -0.25) is 9.69 Å². The first kappa shape index (κ1) is 12.4. The quantitative estimate of drug-likeness (QED) is 0.783. The van der Waals surface area contributed by atoms with Crippen LogP contribution in [0.15, 0.2) is 0 Å². The van der Waals surface area contributed by atoms with E-state index in [0.29, 0.717) is 19.2 Å². The highest BCUT2D eigenvalue weighted by Crippen LogP contribution is 2.38. The van der Waals surface area contributed by atoms with Gasteiger partial charge in [0.05, 0.1) is 6.61 Å². The van der Waals surface area contributed by atoms with E-state index in [0.717, 1.165) is 31.9 Å². The average Bonchev–Trinajstić information content (AvgIpc) is 3.23. The van der Waals surface area contributed by atoms with Crippen LogP contribution in [0.2, 0.25) is 0 Å². The Morgan fingerprint density at radius 2 is 2.11 bits per heavy atom. The van der Waals surface area contributed by atoms with Gasteiger partial charge < -0.3 is 9.84 Å². The van der Waals surface area contributed by atoms with E-state index in [4.69, 9.17) is 4.74 Å². The maximum atomic E-state index is 11.6. The van der Waals surface area contributed by atoms with Crippen LogP contribution in [-0.4, -0.2) is 48.3 Å². The molecular formula is C14H23NO3. The van der Waals surface area contributed by atoms with Gasteiger partial charge in [0, 0.05) is 25.7 Å². The van der Waals surface area contributed by atoms with Crippen molar-refractivity contribution in [2.75, 3.05) is 26.3 Å². The molecule has 1 heterocycles. The number of rotatable bonds is 6. The van der Waals surface area contributed by atoms with Gasteiger partial charge in [-0.05, 0) is 44.4 Å². The molecule has 4 heteroatoms. The van der Waals surface area contributed by atoms with E-state index in [1.54, 1.807) is 0 Å². The molecule has 0 radical (unpaired) electrons. The zero-order valence-corrected chi connectivity index (χ0v) is 10.9. The van der Waals surface area contributed by atoms with E-state index in [1.807, 2.05) is 0 Å². The summed E-state index contributed by atoms with van der Waals surface area (Å²) in [5, 5.41) is 9.58. The minimum atomic E-state index is -0.663. The lowest BCUT2D eigenvalue weighted by Crippen LogP contribution is -2.49. The van der Waals surface area contributed by atoms with Crippen LogP contribution in [0.1, 0.15) is 38.5 Å². The monoisotopic (exact) mass is 253 g/mol. The molecule has 2 saturated carbocycles. The zero-order chi connectivity index (χ0) is 12.6. The van der Waals surface area contributed by atoms with Crippen molar-refractivity contribution >= 4 is 5.97 Å². The summed E-state index contributed by atoms with van der Waals surface area (Å²) in [4.78, 5) is 14.1. The minimum Gasteiger partial charge on any atom is -0.481 e. The van der Waals surface area contributed by atoms with Crippen LogP contribution >= 0.6 is 0 Å². The Morgan fingerprint density at radius 1 is 1.33 bits per heavy atom. The number of hydrogen-bond donors (Lipinski definition) is 1. The number of carboxylic acid groups (broad SMARTS) is 1. The Bertz CT molecular complexity index is 317. The Kier molecular flexibility index (Phi) is 3.32. The second-order valence-corrected chi connectivity index (χ2v) is 6.35. The molecule has 18 heavy (non-hydrogen) atoms.